The minimum atomic E-state index is -2.33. The number of esters is 1. The van der Waals surface area contributed by atoms with Crippen LogP contribution in [-0.2, 0) is 20.8 Å². The largest absolute Gasteiger partial charge is 0.486 e. The zero-order valence-electron chi connectivity index (χ0n) is 15.3. The predicted molar refractivity (Wildman–Crippen MR) is 98.4 cm³/mol. The molecular weight excluding hydrogens is 378 g/mol. The van der Waals surface area contributed by atoms with Crippen molar-refractivity contribution in [1.29, 1.82) is 0 Å². The number of nitrogens with one attached hydrogen (secondary N) is 2. The molecule has 0 bridgehead atoms. The minimum absolute atomic E-state index is 0.0186. The first kappa shape index (κ1) is 21.1. The Bertz CT molecular complexity index is 735. The van der Waals surface area contributed by atoms with E-state index >= 15 is 0 Å². The zero-order valence-corrected chi connectivity index (χ0v) is 16.1. The van der Waals surface area contributed by atoms with Crippen molar-refractivity contribution in [1.82, 2.24) is 5.32 Å². The van der Waals surface area contributed by atoms with Crippen LogP contribution in [0.4, 0.5) is 11.4 Å². The summed E-state index contributed by atoms with van der Waals surface area (Å²) in [6.45, 7) is 6.08. The van der Waals surface area contributed by atoms with Crippen LogP contribution in [0, 0.1) is 21.4 Å². The molecule has 10 nitrogen and oxygen atoms in total. The molecule has 2 rings (SSSR count). The van der Waals surface area contributed by atoms with Crippen molar-refractivity contribution in [2.75, 3.05) is 17.9 Å². The molecule has 0 spiro atoms. The Hall–Kier alpha value is -2.24. The van der Waals surface area contributed by atoms with Crippen molar-refractivity contribution >= 4 is 28.6 Å². The highest BCUT2D eigenvalue weighted by Gasteiger charge is 2.32. The summed E-state index contributed by atoms with van der Waals surface area (Å²) < 4.78 is 32.7. The van der Waals surface area contributed by atoms with E-state index in [-0.39, 0.29) is 35.6 Å². The lowest BCUT2D eigenvalue weighted by Gasteiger charge is -2.20. The van der Waals surface area contributed by atoms with E-state index in [1.165, 1.54) is 12.1 Å². The normalized spacial score (nSPS) is 20.7. The molecule has 11 heteroatoms. The Kier molecular flexibility index (Phi) is 6.73. The maximum absolute atomic E-state index is 11.9. The monoisotopic (exact) mass is 401 g/mol. The first-order valence-electron chi connectivity index (χ1n) is 8.29. The van der Waals surface area contributed by atoms with Crippen molar-refractivity contribution < 1.29 is 28.0 Å². The van der Waals surface area contributed by atoms with Crippen LogP contribution in [0.2, 0.25) is 0 Å². The molecule has 0 aliphatic carbocycles. The van der Waals surface area contributed by atoms with E-state index in [9.17, 15) is 19.1 Å². The van der Waals surface area contributed by atoms with Gasteiger partial charge in [-0.25, -0.2) is 4.21 Å². The molecule has 0 aromatic heterocycles. The van der Waals surface area contributed by atoms with Gasteiger partial charge in [0.1, 0.15) is 0 Å². The van der Waals surface area contributed by atoms with Crippen LogP contribution < -0.4 is 14.8 Å². The van der Waals surface area contributed by atoms with Crippen LogP contribution >= 0.6 is 0 Å². The fourth-order valence-electron chi connectivity index (χ4n) is 2.44. The molecule has 1 aromatic rings. The van der Waals surface area contributed by atoms with Crippen molar-refractivity contribution in [2.24, 2.45) is 11.3 Å². The maximum Gasteiger partial charge on any atom is 0.313 e. The van der Waals surface area contributed by atoms with E-state index in [0.29, 0.717) is 13.0 Å². The average Bonchev–Trinajstić information content (AvgIpc) is 2.99. The fraction of sp³-hybridized carbons (Fsp3) is 0.562. The number of carbonyl (C=O) groups excluding carboxylic acids is 1. The smallest absolute Gasteiger partial charge is 0.313 e. The molecular formula is C16H23N3O7S. The lowest BCUT2D eigenvalue weighted by Crippen LogP contribution is -2.33. The molecule has 1 aliphatic heterocycles. The molecule has 1 heterocycles. The molecule has 150 valence electrons. The first-order chi connectivity index (χ1) is 12.6. The highest BCUT2D eigenvalue weighted by atomic mass is 32.2. The van der Waals surface area contributed by atoms with Crippen LogP contribution in [-0.4, -0.2) is 39.0 Å². The molecule has 1 saturated heterocycles. The Morgan fingerprint density at radius 1 is 1.48 bits per heavy atom. The van der Waals surface area contributed by atoms with Gasteiger partial charge in [0.2, 0.25) is 0 Å². The van der Waals surface area contributed by atoms with Crippen molar-refractivity contribution in [3.8, 4) is 5.75 Å². The van der Waals surface area contributed by atoms with Crippen LogP contribution in [0.15, 0.2) is 18.2 Å². The maximum atomic E-state index is 11.9. The Balaban J connectivity index is 1.94. The summed E-state index contributed by atoms with van der Waals surface area (Å²) >= 11 is -2.33. The van der Waals surface area contributed by atoms with Gasteiger partial charge in [-0.15, -0.1) is 0 Å². The molecule has 1 aromatic carbocycles. The quantitative estimate of drug-likeness (QED) is 0.273. The lowest BCUT2D eigenvalue weighted by molar-refractivity contribution is -0.385. The summed E-state index contributed by atoms with van der Waals surface area (Å²) in [5.74, 6) is -0.226. The number of hydrogen-bond acceptors (Lipinski definition) is 7. The summed E-state index contributed by atoms with van der Waals surface area (Å²) in [4.78, 5) is 22.5. The van der Waals surface area contributed by atoms with Gasteiger partial charge >= 0.3 is 11.7 Å². The Morgan fingerprint density at radius 3 is 2.78 bits per heavy atom. The van der Waals surface area contributed by atoms with Gasteiger partial charge in [0.25, 0.3) is 11.3 Å². The number of hydrogen-bond donors (Lipinski definition) is 3. The third-order valence-corrected chi connectivity index (χ3v) is 4.29. The molecule has 3 atom stereocenters. The number of rotatable bonds is 7. The molecule has 2 unspecified atom stereocenters. The highest BCUT2D eigenvalue weighted by Crippen LogP contribution is 2.31. The molecule has 27 heavy (non-hydrogen) atoms. The fourth-order valence-corrected chi connectivity index (χ4v) is 2.77. The number of nitro groups is 1. The van der Waals surface area contributed by atoms with E-state index in [1.807, 2.05) is 0 Å². The van der Waals surface area contributed by atoms with Gasteiger partial charge in [0.15, 0.2) is 12.0 Å². The van der Waals surface area contributed by atoms with Crippen molar-refractivity contribution in [3.05, 3.63) is 28.3 Å². The lowest BCUT2D eigenvalue weighted by atomic mass is 9.97. The molecule has 1 aliphatic rings. The number of anilines is 1. The van der Waals surface area contributed by atoms with Crippen molar-refractivity contribution in [3.63, 3.8) is 0 Å². The standard InChI is InChI=1S/C16H23N3O7S/c1-16(2,3)15(20)26-14-6-10(8-17-14)9-25-13-5-4-11(18-27(23)24)7-12(13)19(21)22/h4-5,7,10,14,17-18H,6,8-9H2,1-3H3,(H,23,24)/t10-,14?/m0/s1. The molecule has 0 amide bonds. The zero-order chi connectivity index (χ0) is 20.2. The van der Waals surface area contributed by atoms with E-state index in [1.54, 1.807) is 20.8 Å². The third-order valence-electron chi connectivity index (χ3n) is 3.88. The van der Waals surface area contributed by atoms with Crippen molar-refractivity contribution in [2.45, 2.75) is 33.4 Å². The van der Waals surface area contributed by atoms with Gasteiger partial charge in [0, 0.05) is 24.9 Å². The highest BCUT2D eigenvalue weighted by molar-refractivity contribution is 7.80. The van der Waals surface area contributed by atoms with Crippen LogP contribution in [0.3, 0.4) is 0 Å². The van der Waals surface area contributed by atoms with E-state index in [4.69, 9.17) is 14.0 Å². The van der Waals surface area contributed by atoms with Crippen LogP contribution in [0.5, 0.6) is 5.75 Å². The van der Waals surface area contributed by atoms with E-state index in [2.05, 4.69) is 10.0 Å². The topological polar surface area (TPSA) is 140 Å². The second-order valence-corrected chi connectivity index (χ2v) is 7.96. The van der Waals surface area contributed by atoms with E-state index < -0.39 is 27.8 Å². The number of benzene rings is 1. The predicted octanol–water partition coefficient (Wildman–Crippen LogP) is 2.05. The van der Waals surface area contributed by atoms with Gasteiger partial charge in [-0.1, -0.05) is 0 Å². The second-order valence-electron chi connectivity index (χ2n) is 7.26. The summed E-state index contributed by atoms with van der Waals surface area (Å²) in [5.41, 5.74) is -0.774. The molecule has 0 saturated carbocycles. The third kappa shape index (κ3) is 6.15. The molecule has 0 radical (unpaired) electrons. The summed E-state index contributed by atoms with van der Waals surface area (Å²) in [7, 11) is 0. The average molecular weight is 401 g/mol. The summed E-state index contributed by atoms with van der Waals surface area (Å²) in [6.07, 6.45) is 0.130. The van der Waals surface area contributed by atoms with Gasteiger partial charge < -0.3 is 9.47 Å². The molecule has 1 fully saturated rings. The number of ether oxygens (including phenoxy) is 2. The van der Waals surface area contributed by atoms with Crippen LogP contribution in [0.25, 0.3) is 0 Å². The Morgan fingerprint density at radius 2 is 2.19 bits per heavy atom. The van der Waals surface area contributed by atoms with Gasteiger partial charge in [0.05, 0.1) is 22.6 Å². The molecule has 3 N–H and O–H groups in total. The van der Waals surface area contributed by atoms with Gasteiger partial charge in [-0.05, 0) is 32.9 Å². The second kappa shape index (κ2) is 8.63. The summed E-state index contributed by atoms with van der Waals surface area (Å²) in [6, 6.07) is 3.91. The number of nitrogens with zero attached hydrogens (tertiary/aromatic N) is 1. The Labute approximate surface area is 159 Å². The summed E-state index contributed by atoms with van der Waals surface area (Å²) in [5, 5.41) is 14.3. The SMILES string of the molecule is CC(C)(C)C(=O)OC1C[C@H](COc2ccc(NS(=O)O)cc2[N+](=O)[O-])CN1. The van der Waals surface area contributed by atoms with Crippen LogP contribution in [0.1, 0.15) is 27.2 Å². The number of carbonyl (C=O) groups is 1. The van der Waals surface area contributed by atoms with Gasteiger partial charge in [-0.3, -0.25) is 29.5 Å². The minimum Gasteiger partial charge on any atom is -0.486 e. The number of nitro benzene ring substituents is 1. The first-order valence-corrected chi connectivity index (χ1v) is 9.40. The van der Waals surface area contributed by atoms with Gasteiger partial charge in [-0.2, -0.15) is 0 Å². The van der Waals surface area contributed by atoms with E-state index in [0.717, 1.165) is 6.07 Å².